The summed E-state index contributed by atoms with van der Waals surface area (Å²) in [6, 6.07) is 12.2. The Morgan fingerprint density at radius 3 is 2.43 bits per heavy atom. The molecule has 2 aromatic rings. The van der Waals surface area contributed by atoms with Crippen LogP contribution in [0.4, 0.5) is 0 Å². The lowest BCUT2D eigenvalue weighted by Gasteiger charge is -2.24. The molecule has 1 aromatic carbocycles. The zero-order valence-corrected chi connectivity index (χ0v) is 13.1. The lowest BCUT2D eigenvalue weighted by molar-refractivity contribution is 0.111. The van der Waals surface area contributed by atoms with Crippen LogP contribution in [0.2, 0.25) is 0 Å². The maximum atomic E-state index is 10.5. The number of aryl methyl sites for hydroxylation is 2. The maximum absolute atomic E-state index is 10.5. The van der Waals surface area contributed by atoms with Crippen molar-refractivity contribution in [2.24, 2.45) is 0 Å². The number of aliphatic hydroxyl groups is 1. The normalized spacial score (nSPS) is 12.6. The molecular formula is C18H24N2O. The van der Waals surface area contributed by atoms with E-state index in [0.29, 0.717) is 6.54 Å². The van der Waals surface area contributed by atoms with E-state index in [2.05, 4.69) is 48.9 Å². The monoisotopic (exact) mass is 284 g/mol. The Labute approximate surface area is 127 Å². The molecular weight excluding hydrogens is 260 g/mol. The van der Waals surface area contributed by atoms with Crippen LogP contribution < -0.4 is 0 Å². The van der Waals surface area contributed by atoms with E-state index in [9.17, 15) is 5.11 Å². The molecule has 0 aliphatic carbocycles. The molecule has 0 fully saturated rings. The van der Waals surface area contributed by atoms with Crippen molar-refractivity contribution in [1.82, 2.24) is 9.88 Å². The Balaban J connectivity index is 2.03. The van der Waals surface area contributed by atoms with Crippen LogP contribution >= 0.6 is 0 Å². The third-order valence-corrected chi connectivity index (χ3v) is 3.62. The van der Waals surface area contributed by atoms with Gasteiger partial charge in [-0.05, 0) is 38.1 Å². The number of aliphatic hydroxyl groups excluding tert-OH is 1. The first-order chi connectivity index (χ1) is 10.1. The molecule has 0 spiro atoms. The van der Waals surface area contributed by atoms with Crippen molar-refractivity contribution in [3.05, 3.63) is 65.0 Å². The molecule has 1 atom stereocenters. The Morgan fingerprint density at radius 1 is 1.14 bits per heavy atom. The zero-order chi connectivity index (χ0) is 15.2. The van der Waals surface area contributed by atoms with Gasteiger partial charge in [-0.3, -0.25) is 9.88 Å². The number of benzene rings is 1. The number of pyridine rings is 1. The Morgan fingerprint density at radius 2 is 1.86 bits per heavy atom. The SMILES string of the molecule is CCN(Cc1ccccn1)CC(O)c1cc(C)cc(C)c1. The summed E-state index contributed by atoms with van der Waals surface area (Å²) in [5.74, 6) is 0. The minimum Gasteiger partial charge on any atom is -0.387 e. The van der Waals surface area contributed by atoms with Gasteiger partial charge >= 0.3 is 0 Å². The molecule has 1 N–H and O–H groups in total. The van der Waals surface area contributed by atoms with Crippen molar-refractivity contribution >= 4 is 0 Å². The van der Waals surface area contributed by atoms with Crippen molar-refractivity contribution in [2.75, 3.05) is 13.1 Å². The molecule has 1 heterocycles. The quantitative estimate of drug-likeness (QED) is 0.884. The molecule has 0 saturated heterocycles. The summed E-state index contributed by atoms with van der Waals surface area (Å²) in [6.45, 7) is 8.51. The molecule has 1 aromatic heterocycles. The highest BCUT2D eigenvalue weighted by Gasteiger charge is 2.14. The standard InChI is InChI=1S/C18H24N2O/c1-4-20(12-17-7-5-6-8-19-17)13-18(21)16-10-14(2)9-15(3)11-16/h5-11,18,21H,4,12-13H2,1-3H3. The first-order valence-corrected chi connectivity index (χ1v) is 7.47. The highest BCUT2D eigenvalue weighted by molar-refractivity contribution is 5.30. The van der Waals surface area contributed by atoms with Gasteiger partial charge in [-0.2, -0.15) is 0 Å². The van der Waals surface area contributed by atoms with Crippen molar-refractivity contribution < 1.29 is 5.11 Å². The van der Waals surface area contributed by atoms with Gasteiger partial charge in [-0.25, -0.2) is 0 Å². The Kier molecular flexibility index (Phi) is 5.48. The van der Waals surface area contributed by atoms with Gasteiger partial charge < -0.3 is 5.11 Å². The summed E-state index contributed by atoms with van der Waals surface area (Å²) in [7, 11) is 0. The van der Waals surface area contributed by atoms with Gasteiger partial charge in [0.25, 0.3) is 0 Å². The molecule has 112 valence electrons. The zero-order valence-electron chi connectivity index (χ0n) is 13.1. The van der Waals surface area contributed by atoms with Crippen LogP contribution in [0.3, 0.4) is 0 Å². The first-order valence-electron chi connectivity index (χ1n) is 7.47. The van der Waals surface area contributed by atoms with E-state index in [0.717, 1.165) is 24.3 Å². The summed E-state index contributed by atoms with van der Waals surface area (Å²) in [5.41, 5.74) is 4.41. The molecule has 3 nitrogen and oxygen atoms in total. The largest absolute Gasteiger partial charge is 0.387 e. The van der Waals surface area contributed by atoms with Crippen LogP contribution in [0, 0.1) is 13.8 Å². The van der Waals surface area contributed by atoms with Crippen LogP contribution in [0.15, 0.2) is 42.6 Å². The summed E-state index contributed by atoms with van der Waals surface area (Å²) < 4.78 is 0. The second-order valence-electron chi connectivity index (χ2n) is 5.59. The van der Waals surface area contributed by atoms with Crippen molar-refractivity contribution in [2.45, 2.75) is 33.4 Å². The lowest BCUT2D eigenvalue weighted by atomic mass is 10.0. The highest BCUT2D eigenvalue weighted by Crippen LogP contribution is 2.18. The third kappa shape index (κ3) is 4.66. The third-order valence-electron chi connectivity index (χ3n) is 3.62. The van der Waals surface area contributed by atoms with Crippen LogP contribution in [-0.2, 0) is 6.54 Å². The van der Waals surface area contributed by atoms with Gasteiger partial charge in [0.05, 0.1) is 11.8 Å². The molecule has 0 aliphatic rings. The fraction of sp³-hybridized carbons (Fsp3) is 0.389. The smallest absolute Gasteiger partial charge is 0.0917 e. The molecule has 0 bridgehead atoms. The second-order valence-corrected chi connectivity index (χ2v) is 5.59. The van der Waals surface area contributed by atoms with Crippen LogP contribution in [0.1, 0.15) is 35.4 Å². The average molecular weight is 284 g/mol. The van der Waals surface area contributed by atoms with Gasteiger partial charge in [0, 0.05) is 19.3 Å². The van der Waals surface area contributed by atoms with Crippen LogP contribution in [-0.4, -0.2) is 28.1 Å². The van der Waals surface area contributed by atoms with Gasteiger partial charge in [-0.1, -0.05) is 42.3 Å². The maximum Gasteiger partial charge on any atom is 0.0917 e. The summed E-state index contributed by atoms with van der Waals surface area (Å²) in [4.78, 5) is 6.56. The molecule has 1 unspecified atom stereocenters. The molecule has 0 radical (unpaired) electrons. The van der Waals surface area contributed by atoms with Gasteiger partial charge in [0.15, 0.2) is 0 Å². The number of hydrogen-bond donors (Lipinski definition) is 1. The topological polar surface area (TPSA) is 36.4 Å². The highest BCUT2D eigenvalue weighted by atomic mass is 16.3. The molecule has 2 rings (SSSR count). The minimum atomic E-state index is -0.465. The van der Waals surface area contributed by atoms with E-state index in [-0.39, 0.29) is 0 Å². The summed E-state index contributed by atoms with van der Waals surface area (Å²) in [5, 5.41) is 10.5. The Hall–Kier alpha value is -1.71. The van der Waals surface area contributed by atoms with E-state index in [1.807, 2.05) is 24.4 Å². The van der Waals surface area contributed by atoms with Crippen LogP contribution in [0.25, 0.3) is 0 Å². The molecule has 3 heteroatoms. The minimum absolute atomic E-state index is 0.465. The van der Waals surface area contributed by atoms with E-state index in [1.165, 1.54) is 11.1 Å². The summed E-state index contributed by atoms with van der Waals surface area (Å²) >= 11 is 0. The molecule has 0 amide bonds. The van der Waals surface area contributed by atoms with Crippen molar-refractivity contribution in [3.8, 4) is 0 Å². The van der Waals surface area contributed by atoms with Crippen LogP contribution in [0.5, 0.6) is 0 Å². The van der Waals surface area contributed by atoms with Gasteiger partial charge in [0.1, 0.15) is 0 Å². The predicted octanol–water partition coefficient (Wildman–Crippen LogP) is 3.25. The number of hydrogen-bond acceptors (Lipinski definition) is 3. The lowest BCUT2D eigenvalue weighted by Crippen LogP contribution is -2.28. The van der Waals surface area contributed by atoms with Gasteiger partial charge in [-0.15, -0.1) is 0 Å². The van der Waals surface area contributed by atoms with E-state index in [4.69, 9.17) is 0 Å². The average Bonchev–Trinajstić information content (AvgIpc) is 2.46. The van der Waals surface area contributed by atoms with E-state index < -0.39 is 6.10 Å². The fourth-order valence-electron chi connectivity index (χ4n) is 2.58. The van der Waals surface area contributed by atoms with Gasteiger partial charge in [0.2, 0.25) is 0 Å². The summed E-state index contributed by atoms with van der Waals surface area (Å²) in [6.07, 6.45) is 1.34. The van der Waals surface area contributed by atoms with E-state index >= 15 is 0 Å². The number of nitrogens with zero attached hydrogens (tertiary/aromatic N) is 2. The fourth-order valence-corrected chi connectivity index (χ4v) is 2.58. The van der Waals surface area contributed by atoms with Crippen molar-refractivity contribution in [1.29, 1.82) is 0 Å². The molecule has 0 saturated carbocycles. The van der Waals surface area contributed by atoms with E-state index in [1.54, 1.807) is 0 Å². The van der Waals surface area contributed by atoms with Crippen molar-refractivity contribution in [3.63, 3.8) is 0 Å². The first kappa shape index (κ1) is 15.7. The number of rotatable bonds is 6. The number of likely N-dealkylation sites (N-methyl/N-ethyl adjacent to an activating group) is 1. The number of aromatic nitrogens is 1. The predicted molar refractivity (Wildman–Crippen MR) is 86.1 cm³/mol. The Bertz CT molecular complexity index is 548. The molecule has 0 aliphatic heterocycles. The second kappa shape index (κ2) is 7.34. The molecule has 21 heavy (non-hydrogen) atoms.